The lowest BCUT2D eigenvalue weighted by atomic mass is 9.73. The molecule has 0 radical (unpaired) electrons. The van der Waals surface area contributed by atoms with Gasteiger partial charge in [-0.05, 0) is 30.9 Å². The molecule has 0 atom stereocenters. The number of thiocarbonyl (C=S) groups is 1. The van der Waals surface area contributed by atoms with E-state index in [1.54, 1.807) is 14.2 Å². The number of nitrogens with one attached hydrogen (secondary N) is 1. The van der Waals surface area contributed by atoms with E-state index in [9.17, 15) is 0 Å². The zero-order valence-corrected chi connectivity index (χ0v) is 16.6. The highest BCUT2D eigenvalue weighted by molar-refractivity contribution is 7.81. The summed E-state index contributed by atoms with van der Waals surface area (Å²) in [5.74, 6) is 2.36. The maximum absolute atomic E-state index is 5.57. The van der Waals surface area contributed by atoms with Gasteiger partial charge in [-0.3, -0.25) is 0 Å². The van der Waals surface area contributed by atoms with Crippen LogP contribution in [-0.2, 0) is 5.41 Å². The number of benzene rings is 1. The minimum absolute atomic E-state index is 0.104. The highest BCUT2D eigenvalue weighted by Gasteiger charge is 2.41. The highest BCUT2D eigenvalue weighted by Crippen LogP contribution is 2.46. The van der Waals surface area contributed by atoms with E-state index in [1.807, 2.05) is 24.3 Å². The van der Waals surface area contributed by atoms with Crippen LogP contribution < -0.4 is 14.8 Å². The van der Waals surface area contributed by atoms with Gasteiger partial charge in [0.05, 0.1) is 25.5 Å². The molecule has 1 N–H and O–H groups in total. The van der Waals surface area contributed by atoms with E-state index >= 15 is 0 Å². The summed E-state index contributed by atoms with van der Waals surface area (Å²) < 4.78 is 16.4. The largest absolute Gasteiger partial charge is 0.496 e. The van der Waals surface area contributed by atoms with Gasteiger partial charge in [-0.15, -0.1) is 0 Å². The summed E-state index contributed by atoms with van der Waals surface area (Å²) in [6, 6.07) is 7.55. The highest BCUT2D eigenvalue weighted by atomic mass is 32.1. The number of hydrogen-bond donors (Lipinski definition) is 1. The van der Waals surface area contributed by atoms with Gasteiger partial charge in [-0.2, -0.15) is 0 Å². The summed E-state index contributed by atoms with van der Waals surface area (Å²) in [6.07, 6.45) is 4.79. The Kier molecular flexibility index (Phi) is 5.51. The number of hydrogen-bond acceptors (Lipinski definition) is 5. The molecule has 1 aliphatic rings. The van der Waals surface area contributed by atoms with Crippen molar-refractivity contribution >= 4 is 23.1 Å². The summed E-state index contributed by atoms with van der Waals surface area (Å²) in [6.45, 7) is 4.52. The lowest BCUT2D eigenvalue weighted by Crippen LogP contribution is -2.29. The molecule has 2 aromatic rings. The molecule has 0 bridgehead atoms. The smallest absolute Gasteiger partial charge is 0.229 e. The topological polar surface area (TPSA) is 56.5 Å². The first-order chi connectivity index (χ1) is 12.5. The standard InChI is InChI=1S/C20H26N2O3S/c1-13(2)20(10-5-6-11-20)16-12-17(25-22-16)21-19(26)18-14(23-3)8-7-9-15(18)24-4/h7-9,12-13H,5-6,10-11H2,1-4H3,(H,21,26). The normalized spacial score (nSPS) is 15.9. The van der Waals surface area contributed by atoms with Crippen LogP contribution in [0.4, 0.5) is 5.88 Å². The third-order valence-electron chi connectivity index (χ3n) is 5.51. The Hall–Kier alpha value is -2.08. The van der Waals surface area contributed by atoms with E-state index in [-0.39, 0.29) is 5.41 Å². The molecule has 1 aromatic carbocycles. The minimum Gasteiger partial charge on any atom is -0.496 e. The van der Waals surface area contributed by atoms with Crippen molar-refractivity contribution in [3.05, 3.63) is 35.5 Å². The average Bonchev–Trinajstić information content (AvgIpc) is 3.30. The van der Waals surface area contributed by atoms with E-state index < -0.39 is 0 Å². The van der Waals surface area contributed by atoms with E-state index in [2.05, 4.69) is 24.3 Å². The number of methoxy groups -OCH3 is 2. The summed E-state index contributed by atoms with van der Waals surface area (Å²) in [7, 11) is 3.22. The molecule has 1 aromatic heterocycles. The third-order valence-corrected chi connectivity index (χ3v) is 5.82. The predicted molar refractivity (Wildman–Crippen MR) is 106 cm³/mol. The van der Waals surface area contributed by atoms with Gasteiger partial charge in [0.25, 0.3) is 0 Å². The maximum Gasteiger partial charge on any atom is 0.229 e. The average molecular weight is 375 g/mol. The van der Waals surface area contributed by atoms with Crippen LogP contribution in [0.15, 0.2) is 28.8 Å². The summed E-state index contributed by atoms with van der Waals surface area (Å²) in [5.41, 5.74) is 1.82. The quantitative estimate of drug-likeness (QED) is 0.722. The molecule has 0 aliphatic heterocycles. The molecule has 3 rings (SSSR count). The molecular formula is C20H26N2O3S. The summed E-state index contributed by atoms with van der Waals surface area (Å²) >= 11 is 5.57. The first-order valence-corrected chi connectivity index (χ1v) is 9.42. The summed E-state index contributed by atoms with van der Waals surface area (Å²) in [5, 5.41) is 7.51. The Labute approximate surface area is 160 Å². The van der Waals surface area contributed by atoms with Crippen LogP contribution in [0, 0.1) is 5.92 Å². The van der Waals surface area contributed by atoms with Crippen LogP contribution in [0.3, 0.4) is 0 Å². The molecule has 0 spiro atoms. The van der Waals surface area contributed by atoms with Crippen LogP contribution in [0.1, 0.15) is 50.8 Å². The van der Waals surface area contributed by atoms with Crippen molar-refractivity contribution in [2.45, 2.75) is 44.9 Å². The van der Waals surface area contributed by atoms with E-state index in [0.717, 1.165) is 18.5 Å². The Morgan fingerprint density at radius 2 is 1.81 bits per heavy atom. The lowest BCUT2D eigenvalue weighted by Gasteiger charge is -2.30. The second-order valence-corrected chi connectivity index (χ2v) is 7.49. The van der Waals surface area contributed by atoms with Crippen molar-refractivity contribution in [3.63, 3.8) is 0 Å². The number of rotatable bonds is 6. The first kappa shape index (κ1) is 18.7. The second kappa shape index (κ2) is 7.66. The molecule has 0 unspecified atom stereocenters. The fraction of sp³-hybridized carbons (Fsp3) is 0.500. The second-order valence-electron chi connectivity index (χ2n) is 7.09. The molecule has 1 aliphatic carbocycles. The van der Waals surface area contributed by atoms with Crippen LogP contribution in [0.25, 0.3) is 0 Å². The number of ether oxygens (including phenoxy) is 2. The molecule has 26 heavy (non-hydrogen) atoms. The molecule has 0 amide bonds. The number of aromatic nitrogens is 1. The van der Waals surface area contributed by atoms with Gasteiger partial charge in [0.1, 0.15) is 16.5 Å². The Bertz CT molecular complexity index is 757. The van der Waals surface area contributed by atoms with Crippen LogP contribution in [0.2, 0.25) is 0 Å². The fourth-order valence-electron chi connectivity index (χ4n) is 3.95. The Morgan fingerprint density at radius 1 is 1.19 bits per heavy atom. The fourth-order valence-corrected chi connectivity index (χ4v) is 4.26. The van der Waals surface area contributed by atoms with Crippen LogP contribution in [0.5, 0.6) is 11.5 Å². The molecule has 1 fully saturated rings. The van der Waals surface area contributed by atoms with Gasteiger partial charge in [0, 0.05) is 11.5 Å². The predicted octanol–water partition coefficient (Wildman–Crippen LogP) is 4.95. The SMILES string of the molecule is COc1cccc(OC)c1C(=S)Nc1cc(C2(C(C)C)CCCC2)no1. The number of nitrogens with zero attached hydrogens (tertiary/aromatic N) is 1. The molecule has 1 saturated carbocycles. The molecular weight excluding hydrogens is 348 g/mol. The number of anilines is 1. The van der Waals surface area contributed by atoms with Gasteiger partial charge in [-0.1, -0.05) is 50.1 Å². The van der Waals surface area contributed by atoms with Crippen LogP contribution in [-0.4, -0.2) is 24.4 Å². The van der Waals surface area contributed by atoms with E-state index in [0.29, 0.717) is 33.9 Å². The summed E-state index contributed by atoms with van der Waals surface area (Å²) in [4.78, 5) is 0.479. The van der Waals surface area contributed by atoms with Crippen molar-refractivity contribution in [3.8, 4) is 11.5 Å². The monoisotopic (exact) mass is 374 g/mol. The van der Waals surface area contributed by atoms with Crippen molar-refractivity contribution in [1.29, 1.82) is 0 Å². The Morgan fingerprint density at radius 3 is 2.35 bits per heavy atom. The molecule has 1 heterocycles. The molecule has 5 nitrogen and oxygen atoms in total. The lowest BCUT2D eigenvalue weighted by molar-refractivity contribution is 0.287. The zero-order chi connectivity index (χ0) is 18.7. The Balaban J connectivity index is 1.85. The molecule has 140 valence electrons. The van der Waals surface area contributed by atoms with Crippen molar-refractivity contribution < 1.29 is 14.0 Å². The third kappa shape index (κ3) is 3.30. The van der Waals surface area contributed by atoms with Crippen molar-refractivity contribution in [1.82, 2.24) is 5.16 Å². The van der Waals surface area contributed by atoms with Gasteiger partial charge in [0.15, 0.2) is 0 Å². The minimum atomic E-state index is 0.104. The van der Waals surface area contributed by atoms with Gasteiger partial charge >= 0.3 is 0 Å². The van der Waals surface area contributed by atoms with E-state index in [4.69, 9.17) is 26.2 Å². The van der Waals surface area contributed by atoms with Crippen molar-refractivity contribution in [2.75, 3.05) is 19.5 Å². The zero-order valence-electron chi connectivity index (χ0n) is 15.8. The molecule has 0 saturated heterocycles. The van der Waals surface area contributed by atoms with E-state index in [1.165, 1.54) is 12.8 Å². The van der Waals surface area contributed by atoms with Gasteiger partial charge in [0.2, 0.25) is 5.88 Å². The van der Waals surface area contributed by atoms with Gasteiger partial charge in [-0.25, -0.2) is 0 Å². The maximum atomic E-state index is 5.57. The van der Waals surface area contributed by atoms with Crippen LogP contribution >= 0.6 is 12.2 Å². The first-order valence-electron chi connectivity index (χ1n) is 9.01. The van der Waals surface area contributed by atoms with Crippen molar-refractivity contribution in [2.24, 2.45) is 5.92 Å². The molecule has 6 heteroatoms. The van der Waals surface area contributed by atoms with Gasteiger partial charge < -0.3 is 19.3 Å².